The van der Waals surface area contributed by atoms with Crippen molar-refractivity contribution in [2.45, 2.75) is 0 Å². The van der Waals surface area contributed by atoms with E-state index in [-0.39, 0.29) is 0 Å². The van der Waals surface area contributed by atoms with Gasteiger partial charge in [-0.3, -0.25) is 10.4 Å². The third kappa shape index (κ3) is 4.45. The van der Waals surface area contributed by atoms with E-state index in [4.69, 9.17) is 5.41 Å². The smallest absolute Gasteiger partial charge is 0.160 e. The average molecular weight is 396 g/mol. The van der Waals surface area contributed by atoms with Crippen LogP contribution >= 0.6 is 15.9 Å². The molecule has 3 rings (SSSR count). The van der Waals surface area contributed by atoms with Gasteiger partial charge in [0.15, 0.2) is 5.82 Å². The van der Waals surface area contributed by atoms with Crippen LogP contribution in [0.2, 0.25) is 0 Å². The van der Waals surface area contributed by atoms with Gasteiger partial charge in [-0.05, 0) is 35.9 Å². The molecule has 25 heavy (non-hydrogen) atoms. The standard InChI is InChI=1S/C17H14BrN7/c18-13-2-1-3-14(8-13)24-16-15(9-19)17(22-11-21-16)25-23-10-12-4-6-20-7-5-12/h1-11,19H,(H2,21,22,24,25)/b19-9?,23-10+. The molecule has 1 aromatic carbocycles. The molecule has 3 aromatic rings. The van der Waals surface area contributed by atoms with Gasteiger partial charge in [-0.15, -0.1) is 0 Å². The summed E-state index contributed by atoms with van der Waals surface area (Å²) in [6.07, 6.45) is 7.63. The molecule has 0 aliphatic rings. The van der Waals surface area contributed by atoms with Gasteiger partial charge in [0.2, 0.25) is 0 Å². The second kappa shape index (κ2) is 8.11. The highest BCUT2D eigenvalue weighted by Gasteiger charge is 2.09. The molecule has 0 saturated heterocycles. The highest BCUT2D eigenvalue weighted by molar-refractivity contribution is 9.10. The fraction of sp³-hybridized carbons (Fsp3) is 0. The van der Waals surface area contributed by atoms with E-state index in [0.29, 0.717) is 17.2 Å². The zero-order chi connectivity index (χ0) is 17.5. The maximum absolute atomic E-state index is 7.68. The van der Waals surface area contributed by atoms with Crippen molar-refractivity contribution in [1.82, 2.24) is 15.0 Å². The Morgan fingerprint density at radius 1 is 1.08 bits per heavy atom. The lowest BCUT2D eigenvalue weighted by Crippen LogP contribution is -2.05. The molecule has 0 aliphatic carbocycles. The molecule has 0 atom stereocenters. The van der Waals surface area contributed by atoms with Crippen LogP contribution < -0.4 is 10.7 Å². The molecule has 8 heteroatoms. The molecular weight excluding hydrogens is 382 g/mol. The van der Waals surface area contributed by atoms with E-state index < -0.39 is 0 Å². The molecule has 0 radical (unpaired) electrons. The van der Waals surface area contributed by atoms with Crippen LogP contribution in [0.4, 0.5) is 17.3 Å². The van der Waals surface area contributed by atoms with Crippen LogP contribution in [0.5, 0.6) is 0 Å². The van der Waals surface area contributed by atoms with Crippen molar-refractivity contribution in [1.29, 1.82) is 5.41 Å². The Labute approximate surface area is 152 Å². The Kier molecular flexibility index (Phi) is 5.43. The Balaban J connectivity index is 1.81. The quantitative estimate of drug-likeness (QED) is 0.435. The monoisotopic (exact) mass is 395 g/mol. The second-order valence-corrected chi connectivity index (χ2v) is 5.83. The molecule has 0 amide bonds. The first-order chi connectivity index (χ1) is 12.3. The lowest BCUT2D eigenvalue weighted by molar-refractivity contribution is 1.13. The predicted octanol–water partition coefficient (Wildman–Crippen LogP) is 3.82. The van der Waals surface area contributed by atoms with E-state index in [9.17, 15) is 0 Å². The first kappa shape index (κ1) is 16.7. The van der Waals surface area contributed by atoms with Crippen LogP contribution in [0.1, 0.15) is 11.1 Å². The van der Waals surface area contributed by atoms with Gasteiger partial charge in [0.1, 0.15) is 12.1 Å². The van der Waals surface area contributed by atoms with E-state index >= 15 is 0 Å². The first-order valence-electron chi connectivity index (χ1n) is 7.33. The molecule has 0 spiro atoms. The summed E-state index contributed by atoms with van der Waals surface area (Å²) in [5, 5.41) is 15.0. The van der Waals surface area contributed by atoms with Crippen LogP contribution in [0, 0.1) is 5.41 Å². The molecule has 0 fully saturated rings. The SMILES string of the molecule is N=Cc1c(N/N=C/c2ccncc2)ncnc1Nc1cccc(Br)c1. The molecule has 2 aromatic heterocycles. The maximum atomic E-state index is 7.68. The summed E-state index contributed by atoms with van der Waals surface area (Å²) in [5.41, 5.74) is 5.11. The summed E-state index contributed by atoms with van der Waals surface area (Å²) in [6, 6.07) is 11.4. The molecule has 0 saturated carbocycles. The highest BCUT2D eigenvalue weighted by atomic mass is 79.9. The van der Waals surface area contributed by atoms with Crippen LogP contribution in [0.3, 0.4) is 0 Å². The fourth-order valence-electron chi connectivity index (χ4n) is 2.04. The minimum absolute atomic E-state index is 0.438. The van der Waals surface area contributed by atoms with Crippen molar-refractivity contribution in [3.63, 3.8) is 0 Å². The number of hydrogen-bond acceptors (Lipinski definition) is 7. The number of nitrogens with one attached hydrogen (secondary N) is 3. The Morgan fingerprint density at radius 2 is 1.88 bits per heavy atom. The molecule has 3 N–H and O–H groups in total. The number of aromatic nitrogens is 3. The van der Waals surface area contributed by atoms with Crippen LogP contribution in [0.25, 0.3) is 0 Å². The number of halogens is 1. The van der Waals surface area contributed by atoms with Gasteiger partial charge in [0.25, 0.3) is 0 Å². The van der Waals surface area contributed by atoms with Crippen LogP contribution in [-0.4, -0.2) is 27.4 Å². The lowest BCUT2D eigenvalue weighted by atomic mass is 10.2. The minimum Gasteiger partial charge on any atom is -0.339 e. The molecule has 124 valence electrons. The number of rotatable bonds is 6. The number of anilines is 3. The van der Waals surface area contributed by atoms with Gasteiger partial charge in [-0.1, -0.05) is 22.0 Å². The summed E-state index contributed by atoms with van der Waals surface area (Å²) in [7, 11) is 0. The molecule has 0 unspecified atom stereocenters. The van der Waals surface area contributed by atoms with E-state index in [0.717, 1.165) is 15.7 Å². The number of nitrogens with zero attached hydrogens (tertiary/aromatic N) is 4. The van der Waals surface area contributed by atoms with Crippen molar-refractivity contribution in [2.24, 2.45) is 5.10 Å². The first-order valence-corrected chi connectivity index (χ1v) is 8.13. The van der Waals surface area contributed by atoms with E-state index in [1.165, 1.54) is 12.5 Å². The number of hydrazone groups is 1. The predicted molar refractivity (Wildman–Crippen MR) is 103 cm³/mol. The van der Waals surface area contributed by atoms with E-state index in [1.54, 1.807) is 18.6 Å². The molecule has 2 heterocycles. The van der Waals surface area contributed by atoms with Crippen molar-refractivity contribution < 1.29 is 0 Å². The molecular formula is C17H14BrN7. The van der Waals surface area contributed by atoms with Crippen molar-refractivity contribution >= 4 is 45.7 Å². The summed E-state index contributed by atoms with van der Waals surface area (Å²) in [5.74, 6) is 0.956. The van der Waals surface area contributed by atoms with Crippen LogP contribution in [-0.2, 0) is 0 Å². The Bertz CT molecular complexity index is 897. The van der Waals surface area contributed by atoms with Crippen molar-refractivity contribution in [2.75, 3.05) is 10.7 Å². The largest absolute Gasteiger partial charge is 0.339 e. The summed E-state index contributed by atoms with van der Waals surface area (Å²) in [6.45, 7) is 0. The summed E-state index contributed by atoms with van der Waals surface area (Å²) < 4.78 is 0.947. The normalized spacial score (nSPS) is 10.6. The highest BCUT2D eigenvalue weighted by Crippen LogP contribution is 2.23. The number of hydrogen-bond donors (Lipinski definition) is 3. The molecule has 0 bridgehead atoms. The lowest BCUT2D eigenvalue weighted by Gasteiger charge is -2.11. The average Bonchev–Trinajstić information content (AvgIpc) is 2.63. The second-order valence-electron chi connectivity index (χ2n) is 4.91. The molecule has 0 aliphatic heterocycles. The van der Waals surface area contributed by atoms with Crippen LogP contribution in [0.15, 0.2) is 64.7 Å². The third-order valence-corrected chi connectivity index (χ3v) is 3.70. The van der Waals surface area contributed by atoms with Gasteiger partial charge < -0.3 is 10.7 Å². The van der Waals surface area contributed by atoms with Crippen molar-refractivity contribution in [3.8, 4) is 0 Å². The Hall–Kier alpha value is -3.13. The topological polar surface area (TPSA) is 98.9 Å². The summed E-state index contributed by atoms with van der Waals surface area (Å²) >= 11 is 3.43. The maximum Gasteiger partial charge on any atom is 0.160 e. The van der Waals surface area contributed by atoms with E-state index in [1.807, 2.05) is 36.4 Å². The summed E-state index contributed by atoms with van der Waals surface area (Å²) in [4.78, 5) is 12.3. The Morgan fingerprint density at radius 3 is 2.64 bits per heavy atom. The third-order valence-electron chi connectivity index (χ3n) is 3.21. The van der Waals surface area contributed by atoms with Gasteiger partial charge in [0.05, 0.1) is 11.8 Å². The van der Waals surface area contributed by atoms with Gasteiger partial charge in [0, 0.05) is 28.8 Å². The zero-order valence-corrected chi connectivity index (χ0v) is 14.6. The molecule has 7 nitrogen and oxygen atoms in total. The number of pyridine rings is 1. The minimum atomic E-state index is 0.438. The number of benzene rings is 1. The van der Waals surface area contributed by atoms with Gasteiger partial charge >= 0.3 is 0 Å². The van der Waals surface area contributed by atoms with Gasteiger partial charge in [-0.25, -0.2) is 9.97 Å². The van der Waals surface area contributed by atoms with Gasteiger partial charge in [-0.2, -0.15) is 5.10 Å². The zero-order valence-electron chi connectivity index (χ0n) is 13.0. The van der Waals surface area contributed by atoms with E-state index in [2.05, 4.69) is 46.7 Å². The van der Waals surface area contributed by atoms with Crippen molar-refractivity contribution in [3.05, 3.63) is 70.7 Å². The fourth-order valence-corrected chi connectivity index (χ4v) is 2.44.